The normalized spacial score (nSPS) is 10.7. The molecule has 0 amide bonds. The highest BCUT2D eigenvalue weighted by Gasteiger charge is 1.96. The number of halogens is 1. The van der Waals surface area contributed by atoms with E-state index in [9.17, 15) is 0 Å². The maximum absolute atomic E-state index is 4.24. The van der Waals surface area contributed by atoms with Gasteiger partial charge in [-0.15, -0.1) is 0 Å². The highest BCUT2D eigenvalue weighted by Crippen LogP contribution is 2.20. The zero-order valence-corrected chi connectivity index (χ0v) is 8.14. The Labute approximate surface area is 78.7 Å². The molecule has 1 heterocycles. The van der Waals surface area contributed by atoms with Gasteiger partial charge in [0.25, 0.3) is 0 Å². The van der Waals surface area contributed by atoms with E-state index in [0.29, 0.717) is 0 Å². The Kier molecular flexibility index (Phi) is 1.69. The lowest BCUT2D eigenvalue weighted by Crippen LogP contribution is -1.74. The van der Waals surface area contributed by atoms with Crippen LogP contribution in [0.5, 0.6) is 0 Å². The molecule has 0 saturated heterocycles. The number of hydrogen-bond acceptors (Lipinski definition) is 1. The van der Waals surface area contributed by atoms with Crippen LogP contribution in [0.15, 0.2) is 34.9 Å². The molecule has 2 rings (SSSR count). The third kappa shape index (κ3) is 1.19. The molecule has 0 bridgehead atoms. The van der Waals surface area contributed by atoms with Crippen LogP contribution >= 0.6 is 28.7 Å². The molecule has 11 heavy (non-hydrogen) atoms. The van der Waals surface area contributed by atoms with E-state index in [-0.39, 0.29) is 0 Å². The van der Waals surface area contributed by atoms with Crippen LogP contribution < -0.4 is 0 Å². The third-order valence-electron chi connectivity index (χ3n) is 1.63. The summed E-state index contributed by atoms with van der Waals surface area (Å²) in [4.78, 5) is 0. The van der Waals surface area contributed by atoms with Crippen molar-refractivity contribution in [1.82, 2.24) is 3.97 Å². The van der Waals surface area contributed by atoms with E-state index in [1.54, 1.807) is 0 Å². The van der Waals surface area contributed by atoms with Gasteiger partial charge in [-0.05, 0) is 24.3 Å². The molecule has 0 aliphatic heterocycles. The van der Waals surface area contributed by atoms with Crippen molar-refractivity contribution in [2.45, 2.75) is 0 Å². The van der Waals surface area contributed by atoms with Gasteiger partial charge in [-0.2, -0.15) is 0 Å². The summed E-state index contributed by atoms with van der Waals surface area (Å²) in [6, 6.07) is 8.15. The summed E-state index contributed by atoms with van der Waals surface area (Å²) < 4.78 is 2.91. The number of rotatable bonds is 0. The van der Waals surface area contributed by atoms with E-state index in [4.69, 9.17) is 0 Å². The predicted octanol–water partition coefficient (Wildman–Crippen LogP) is 3.10. The Balaban J connectivity index is 2.86. The Morgan fingerprint density at radius 3 is 2.91 bits per heavy atom. The molecule has 0 fully saturated rings. The standard InChI is InChI=1S/C8H6BrNS/c9-7-1-2-8-6(5-7)3-4-10(8)11/h1-5,11H. The minimum atomic E-state index is 1.10. The van der Waals surface area contributed by atoms with E-state index in [1.807, 2.05) is 28.4 Å². The molecule has 0 unspecified atom stereocenters. The average molecular weight is 228 g/mol. The molecule has 1 nitrogen and oxygen atoms in total. The molecule has 0 atom stereocenters. The van der Waals surface area contributed by atoms with Gasteiger partial charge >= 0.3 is 0 Å². The second-order valence-corrected chi connectivity index (χ2v) is 3.71. The second kappa shape index (κ2) is 2.57. The van der Waals surface area contributed by atoms with Gasteiger partial charge in [-0.25, -0.2) is 0 Å². The molecule has 1 aromatic heterocycles. The van der Waals surface area contributed by atoms with Gasteiger partial charge in [-0.1, -0.05) is 28.7 Å². The zero-order valence-electron chi connectivity index (χ0n) is 5.66. The van der Waals surface area contributed by atoms with Crippen molar-refractivity contribution >= 4 is 39.6 Å². The Morgan fingerprint density at radius 1 is 1.27 bits per heavy atom. The summed E-state index contributed by atoms with van der Waals surface area (Å²) in [5.41, 5.74) is 1.14. The first kappa shape index (κ1) is 7.25. The SMILES string of the molecule is Sn1ccc2cc(Br)ccc21. The molecule has 1 aromatic carbocycles. The van der Waals surface area contributed by atoms with Crippen LogP contribution in [0.25, 0.3) is 10.9 Å². The minimum Gasteiger partial charge on any atom is -0.294 e. The fraction of sp³-hybridized carbons (Fsp3) is 0. The van der Waals surface area contributed by atoms with Gasteiger partial charge in [0.05, 0.1) is 5.52 Å². The van der Waals surface area contributed by atoms with Crippen LogP contribution in [-0.4, -0.2) is 3.97 Å². The number of benzene rings is 1. The smallest absolute Gasteiger partial charge is 0.0589 e. The van der Waals surface area contributed by atoms with Crippen molar-refractivity contribution in [3.63, 3.8) is 0 Å². The first-order chi connectivity index (χ1) is 5.27. The molecule has 0 aliphatic carbocycles. The topological polar surface area (TPSA) is 4.93 Å². The Bertz CT molecular complexity index is 394. The van der Waals surface area contributed by atoms with Crippen LogP contribution in [-0.2, 0) is 0 Å². The van der Waals surface area contributed by atoms with Gasteiger partial charge in [0.15, 0.2) is 0 Å². The largest absolute Gasteiger partial charge is 0.294 e. The molecule has 0 aliphatic rings. The molecular formula is C8H6BrNS. The molecule has 0 saturated carbocycles. The lowest BCUT2D eigenvalue weighted by molar-refractivity contribution is 1.37. The maximum atomic E-state index is 4.24. The first-order valence-electron chi connectivity index (χ1n) is 3.23. The second-order valence-electron chi connectivity index (χ2n) is 2.36. The van der Waals surface area contributed by atoms with Gasteiger partial charge in [0, 0.05) is 16.1 Å². The van der Waals surface area contributed by atoms with Crippen molar-refractivity contribution in [3.8, 4) is 0 Å². The van der Waals surface area contributed by atoms with Crippen molar-refractivity contribution in [2.24, 2.45) is 0 Å². The van der Waals surface area contributed by atoms with Crippen molar-refractivity contribution in [1.29, 1.82) is 0 Å². The minimum absolute atomic E-state index is 1.10. The average Bonchev–Trinajstić information content (AvgIpc) is 2.32. The predicted molar refractivity (Wildman–Crippen MR) is 54.0 cm³/mol. The van der Waals surface area contributed by atoms with Gasteiger partial charge in [0.1, 0.15) is 0 Å². The molecule has 3 heteroatoms. The van der Waals surface area contributed by atoms with Crippen LogP contribution in [0.3, 0.4) is 0 Å². The summed E-state index contributed by atoms with van der Waals surface area (Å²) in [6.45, 7) is 0. The number of fused-ring (bicyclic) bond motifs is 1. The summed E-state index contributed by atoms with van der Waals surface area (Å²) in [7, 11) is 0. The molecular weight excluding hydrogens is 222 g/mol. The van der Waals surface area contributed by atoms with Crippen LogP contribution in [0, 0.1) is 0 Å². The number of nitrogens with zero attached hydrogens (tertiary/aromatic N) is 1. The van der Waals surface area contributed by atoms with Crippen LogP contribution in [0.2, 0.25) is 0 Å². The number of hydrogen-bond donors (Lipinski definition) is 1. The van der Waals surface area contributed by atoms with Crippen LogP contribution in [0.4, 0.5) is 0 Å². The van der Waals surface area contributed by atoms with E-state index in [0.717, 1.165) is 9.99 Å². The molecule has 0 N–H and O–H groups in total. The first-order valence-corrected chi connectivity index (χ1v) is 4.42. The maximum Gasteiger partial charge on any atom is 0.0589 e. The van der Waals surface area contributed by atoms with Crippen molar-refractivity contribution in [3.05, 3.63) is 34.9 Å². The molecule has 2 aromatic rings. The van der Waals surface area contributed by atoms with Gasteiger partial charge < -0.3 is 0 Å². The van der Waals surface area contributed by atoms with Crippen molar-refractivity contribution in [2.75, 3.05) is 0 Å². The lowest BCUT2D eigenvalue weighted by atomic mass is 10.3. The summed E-state index contributed by atoms with van der Waals surface area (Å²) >= 11 is 7.64. The van der Waals surface area contributed by atoms with E-state index in [1.165, 1.54) is 5.39 Å². The van der Waals surface area contributed by atoms with Crippen LogP contribution in [0.1, 0.15) is 0 Å². The monoisotopic (exact) mass is 227 g/mol. The van der Waals surface area contributed by atoms with Crippen molar-refractivity contribution < 1.29 is 0 Å². The van der Waals surface area contributed by atoms with E-state index >= 15 is 0 Å². The van der Waals surface area contributed by atoms with Gasteiger partial charge in [0.2, 0.25) is 0 Å². The fourth-order valence-corrected chi connectivity index (χ4v) is 1.73. The van der Waals surface area contributed by atoms with E-state index < -0.39 is 0 Å². The highest BCUT2D eigenvalue weighted by atomic mass is 79.9. The summed E-state index contributed by atoms with van der Waals surface area (Å²) in [5, 5.41) is 1.20. The molecule has 56 valence electrons. The van der Waals surface area contributed by atoms with Gasteiger partial charge in [-0.3, -0.25) is 3.97 Å². The Morgan fingerprint density at radius 2 is 2.09 bits per heavy atom. The Hall–Kier alpha value is -0.410. The summed E-state index contributed by atoms with van der Waals surface area (Å²) in [5.74, 6) is 0. The van der Waals surface area contributed by atoms with E-state index in [2.05, 4.69) is 34.8 Å². The molecule has 0 spiro atoms. The molecule has 0 radical (unpaired) electrons. The third-order valence-corrected chi connectivity index (χ3v) is 2.47. The number of thiol groups is 1. The fourth-order valence-electron chi connectivity index (χ4n) is 1.10. The quantitative estimate of drug-likeness (QED) is 0.661. The summed E-state index contributed by atoms with van der Waals surface area (Å²) in [6.07, 6.45) is 1.93. The zero-order chi connectivity index (χ0) is 7.84. The highest BCUT2D eigenvalue weighted by molar-refractivity contribution is 9.10. The number of aromatic nitrogens is 1. The lowest BCUT2D eigenvalue weighted by Gasteiger charge is -1.93.